The van der Waals surface area contributed by atoms with E-state index in [-0.39, 0.29) is 0 Å². The monoisotopic (exact) mass is 208 g/mol. The first-order chi connectivity index (χ1) is 7.16. The zero-order valence-electron chi connectivity index (χ0n) is 11.0. The second kappa shape index (κ2) is 4.47. The molecule has 2 rings (SSSR count). The van der Waals surface area contributed by atoms with Gasteiger partial charge in [0.15, 0.2) is 0 Å². The van der Waals surface area contributed by atoms with E-state index in [1.54, 1.807) is 0 Å². The summed E-state index contributed by atoms with van der Waals surface area (Å²) in [6, 6.07) is 0. The Kier molecular flexibility index (Phi) is 3.42. The van der Waals surface area contributed by atoms with E-state index < -0.39 is 0 Å². The van der Waals surface area contributed by atoms with Crippen molar-refractivity contribution in [2.75, 3.05) is 0 Å². The Morgan fingerprint density at radius 2 is 1.60 bits per heavy atom. The molecule has 0 bridgehead atoms. The topological polar surface area (TPSA) is 0 Å². The van der Waals surface area contributed by atoms with Gasteiger partial charge in [-0.2, -0.15) is 0 Å². The number of rotatable bonds is 4. The number of hydrogen-bond donors (Lipinski definition) is 0. The Morgan fingerprint density at radius 1 is 0.933 bits per heavy atom. The van der Waals surface area contributed by atoms with Crippen LogP contribution in [0.25, 0.3) is 0 Å². The van der Waals surface area contributed by atoms with Crippen LogP contribution < -0.4 is 0 Å². The van der Waals surface area contributed by atoms with Crippen LogP contribution in [0.5, 0.6) is 0 Å². The van der Waals surface area contributed by atoms with Crippen LogP contribution in [0.3, 0.4) is 0 Å². The van der Waals surface area contributed by atoms with Crippen LogP contribution in [-0.2, 0) is 0 Å². The third-order valence-corrected chi connectivity index (χ3v) is 5.54. The molecule has 6 unspecified atom stereocenters. The second-order valence-corrected chi connectivity index (χ2v) is 6.34. The van der Waals surface area contributed by atoms with Crippen LogP contribution in [0, 0.1) is 35.5 Å². The zero-order chi connectivity index (χ0) is 11.0. The van der Waals surface area contributed by atoms with Gasteiger partial charge in [0.2, 0.25) is 0 Å². The summed E-state index contributed by atoms with van der Waals surface area (Å²) >= 11 is 0. The fourth-order valence-corrected chi connectivity index (χ4v) is 4.66. The molecule has 0 aromatic rings. The fourth-order valence-electron chi connectivity index (χ4n) is 4.66. The number of unbranched alkanes of at least 4 members (excludes halogenated alkanes) is 2. The highest BCUT2D eigenvalue weighted by Crippen LogP contribution is 2.60. The SMILES string of the molecule is CCCCCC1CC(C)C2C(C)C(C)C12. The maximum Gasteiger partial charge on any atom is -0.0324 e. The molecule has 2 aliphatic rings. The molecule has 0 heterocycles. The van der Waals surface area contributed by atoms with Gasteiger partial charge in [0, 0.05) is 0 Å². The summed E-state index contributed by atoms with van der Waals surface area (Å²) < 4.78 is 0. The van der Waals surface area contributed by atoms with Gasteiger partial charge in [0.05, 0.1) is 0 Å². The lowest BCUT2D eigenvalue weighted by Crippen LogP contribution is -2.44. The third-order valence-electron chi connectivity index (χ3n) is 5.54. The van der Waals surface area contributed by atoms with Gasteiger partial charge in [-0.3, -0.25) is 0 Å². The summed E-state index contributed by atoms with van der Waals surface area (Å²) in [6.07, 6.45) is 7.37. The smallest absolute Gasteiger partial charge is 0.0324 e. The zero-order valence-corrected chi connectivity index (χ0v) is 11.0. The molecule has 2 fully saturated rings. The predicted molar refractivity (Wildman–Crippen MR) is 66.7 cm³/mol. The Hall–Kier alpha value is 0. The first-order valence-corrected chi connectivity index (χ1v) is 7.16. The summed E-state index contributed by atoms with van der Waals surface area (Å²) in [5.74, 6) is 6.34. The summed E-state index contributed by atoms with van der Waals surface area (Å²) in [4.78, 5) is 0. The van der Waals surface area contributed by atoms with Crippen molar-refractivity contribution in [2.45, 2.75) is 59.8 Å². The highest BCUT2D eigenvalue weighted by Gasteiger charge is 2.54. The average molecular weight is 208 g/mol. The molecule has 0 heteroatoms. The third kappa shape index (κ3) is 1.85. The molecule has 0 spiro atoms. The van der Waals surface area contributed by atoms with E-state index in [9.17, 15) is 0 Å². The summed E-state index contributed by atoms with van der Waals surface area (Å²) in [7, 11) is 0. The van der Waals surface area contributed by atoms with Crippen molar-refractivity contribution in [3.63, 3.8) is 0 Å². The van der Waals surface area contributed by atoms with Crippen molar-refractivity contribution in [3.05, 3.63) is 0 Å². The van der Waals surface area contributed by atoms with Crippen molar-refractivity contribution < 1.29 is 0 Å². The minimum absolute atomic E-state index is 1.01. The van der Waals surface area contributed by atoms with Crippen LogP contribution in [0.2, 0.25) is 0 Å². The highest BCUT2D eigenvalue weighted by molar-refractivity contribution is 5.03. The number of fused-ring (bicyclic) bond motifs is 1. The molecular formula is C15H28. The molecule has 0 aromatic heterocycles. The van der Waals surface area contributed by atoms with Crippen molar-refractivity contribution >= 4 is 0 Å². The summed E-state index contributed by atoms with van der Waals surface area (Å²) in [6.45, 7) is 9.79. The molecule has 0 amide bonds. The van der Waals surface area contributed by atoms with Crippen LogP contribution >= 0.6 is 0 Å². The van der Waals surface area contributed by atoms with Crippen molar-refractivity contribution in [3.8, 4) is 0 Å². The second-order valence-electron chi connectivity index (χ2n) is 6.34. The molecule has 2 aliphatic carbocycles. The van der Waals surface area contributed by atoms with Gasteiger partial charge in [-0.25, -0.2) is 0 Å². The minimum atomic E-state index is 1.01. The lowest BCUT2D eigenvalue weighted by molar-refractivity contribution is -0.0151. The molecule has 0 radical (unpaired) electrons. The fraction of sp³-hybridized carbons (Fsp3) is 1.00. The van der Waals surface area contributed by atoms with E-state index >= 15 is 0 Å². The van der Waals surface area contributed by atoms with E-state index in [0.29, 0.717) is 0 Å². The van der Waals surface area contributed by atoms with Gasteiger partial charge in [-0.15, -0.1) is 0 Å². The molecule has 0 N–H and O–H groups in total. The van der Waals surface area contributed by atoms with Gasteiger partial charge in [0.25, 0.3) is 0 Å². The first-order valence-electron chi connectivity index (χ1n) is 7.16. The van der Waals surface area contributed by atoms with E-state index in [2.05, 4.69) is 27.7 Å². The molecule has 88 valence electrons. The van der Waals surface area contributed by atoms with Gasteiger partial charge in [0.1, 0.15) is 0 Å². The van der Waals surface area contributed by atoms with Crippen LogP contribution in [-0.4, -0.2) is 0 Å². The van der Waals surface area contributed by atoms with Gasteiger partial charge < -0.3 is 0 Å². The largest absolute Gasteiger partial charge is 0.0654 e. The summed E-state index contributed by atoms with van der Waals surface area (Å²) in [5, 5.41) is 0. The minimum Gasteiger partial charge on any atom is -0.0654 e. The van der Waals surface area contributed by atoms with Crippen LogP contribution in [0.15, 0.2) is 0 Å². The Labute approximate surface area is 95.8 Å². The van der Waals surface area contributed by atoms with Gasteiger partial charge in [-0.1, -0.05) is 53.4 Å². The first kappa shape index (κ1) is 11.5. The van der Waals surface area contributed by atoms with Crippen molar-refractivity contribution in [1.29, 1.82) is 0 Å². The molecule has 0 aromatic carbocycles. The Morgan fingerprint density at radius 3 is 2.27 bits per heavy atom. The molecule has 6 atom stereocenters. The molecule has 0 aliphatic heterocycles. The van der Waals surface area contributed by atoms with Gasteiger partial charge in [-0.05, 0) is 41.9 Å². The molecule has 0 saturated heterocycles. The quantitative estimate of drug-likeness (QED) is 0.585. The van der Waals surface area contributed by atoms with E-state index in [1.807, 2.05) is 0 Å². The van der Waals surface area contributed by atoms with E-state index in [1.165, 1.54) is 32.1 Å². The number of hydrogen-bond acceptors (Lipinski definition) is 0. The van der Waals surface area contributed by atoms with E-state index in [0.717, 1.165) is 35.5 Å². The molecule has 2 saturated carbocycles. The lowest BCUT2D eigenvalue weighted by atomic mass is 9.56. The van der Waals surface area contributed by atoms with Crippen molar-refractivity contribution in [2.24, 2.45) is 35.5 Å². The molecule has 15 heavy (non-hydrogen) atoms. The standard InChI is InChI=1S/C15H28/c1-5-6-7-8-13-9-10(2)14-11(3)12(4)15(13)14/h10-15H,5-9H2,1-4H3. The highest BCUT2D eigenvalue weighted by atomic mass is 14.6. The predicted octanol–water partition coefficient (Wildman–Crippen LogP) is 4.74. The van der Waals surface area contributed by atoms with Crippen LogP contribution in [0.1, 0.15) is 59.8 Å². The van der Waals surface area contributed by atoms with Crippen LogP contribution in [0.4, 0.5) is 0 Å². The summed E-state index contributed by atoms with van der Waals surface area (Å²) in [5.41, 5.74) is 0. The maximum absolute atomic E-state index is 2.50. The normalized spacial score (nSPS) is 48.8. The van der Waals surface area contributed by atoms with Crippen molar-refractivity contribution in [1.82, 2.24) is 0 Å². The van der Waals surface area contributed by atoms with E-state index in [4.69, 9.17) is 0 Å². The average Bonchev–Trinajstić information content (AvgIpc) is 2.52. The maximum atomic E-state index is 2.50. The molecular weight excluding hydrogens is 180 g/mol. The van der Waals surface area contributed by atoms with Gasteiger partial charge >= 0.3 is 0 Å². The Balaban J connectivity index is 1.87. The lowest BCUT2D eigenvalue weighted by Gasteiger charge is -2.49. The molecule has 0 nitrogen and oxygen atoms in total. The Bertz CT molecular complexity index is 208.